The van der Waals surface area contributed by atoms with E-state index in [-0.39, 0.29) is 5.69 Å². The van der Waals surface area contributed by atoms with Gasteiger partial charge in [-0.05, 0) is 51.3 Å². The highest BCUT2D eigenvalue weighted by molar-refractivity contribution is 5.58. The minimum Gasteiger partial charge on any atom is -0.493 e. The largest absolute Gasteiger partial charge is 0.493 e. The molecule has 0 atom stereocenters. The number of likely N-dealkylation sites (tertiary alicyclic amines) is 1. The standard InChI is InChI=1S/C20H27N3O5/c1-26-18-13-16(20(15-21)5-11-27-12-6-20)17(23(24)25)14-19(18)28-10-4-9-22-7-2-3-8-22/h13-14H,2-12H2,1H3. The van der Waals surface area contributed by atoms with Crippen molar-refractivity contribution in [2.24, 2.45) is 0 Å². The minimum absolute atomic E-state index is 0.0983. The van der Waals surface area contributed by atoms with E-state index in [1.165, 1.54) is 26.0 Å². The molecule has 28 heavy (non-hydrogen) atoms. The fraction of sp³-hybridized carbons (Fsp3) is 0.650. The van der Waals surface area contributed by atoms with Crippen molar-refractivity contribution >= 4 is 5.69 Å². The Kier molecular flexibility index (Phi) is 6.70. The summed E-state index contributed by atoms with van der Waals surface area (Å²) in [5.74, 6) is 0.766. The summed E-state index contributed by atoms with van der Waals surface area (Å²) in [6, 6.07) is 5.30. The molecule has 2 aliphatic heterocycles. The second-order valence-electron chi connectivity index (χ2n) is 7.33. The third-order valence-electron chi connectivity index (χ3n) is 5.63. The zero-order valence-electron chi connectivity index (χ0n) is 16.3. The Balaban J connectivity index is 1.80. The van der Waals surface area contributed by atoms with Crippen LogP contribution in [0.4, 0.5) is 5.69 Å². The summed E-state index contributed by atoms with van der Waals surface area (Å²) in [5.41, 5.74) is -0.661. The van der Waals surface area contributed by atoms with Gasteiger partial charge in [0.25, 0.3) is 5.69 Å². The molecular weight excluding hydrogens is 362 g/mol. The van der Waals surface area contributed by atoms with Gasteiger partial charge in [-0.25, -0.2) is 0 Å². The van der Waals surface area contributed by atoms with Crippen LogP contribution in [0.25, 0.3) is 0 Å². The van der Waals surface area contributed by atoms with E-state index >= 15 is 0 Å². The van der Waals surface area contributed by atoms with E-state index in [4.69, 9.17) is 14.2 Å². The molecule has 152 valence electrons. The second-order valence-corrected chi connectivity index (χ2v) is 7.33. The van der Waals surface area contributed by atoms with Crippen molar-refractivity contribution in [2.75, 3.05) is 46.6 Å². The highest BCUT2D eigenvalue weighted by atomic mass is 16.6. The summed E-state index contributed by atoms with van der Waals surface area (Å²) >= 11 is 0. The molecule has 2 fully saturated rings. The second kappa shape index (κ2) is 9.22. The first-order valence-electron chi connectivity index (χ1n) is 9.81. The number of nitro groups is 1. The molecule has 0 spiro atoms. The number of hydrogen-bond acceptors (Lipinski definition) is 7. The van der Waals surface area contributed by atoms with Crippen LogP contribution in [-0.2, 0) is 10.2 Å². The van der Waals surface area contributed by atoms with Crippen LogP contribution >= 0.6 is 0 Å². The lowest BCUT2D eigenvalue weighted by Crippen LogP contribution is -2.33. The Hall–Kier alpha value is -2.37. The zero-order chi connectivity index (χ0) is 20.0. The monoisotopic (exact) mass is 389 g/mol. The molecule has 8 nitrogen and oxygen atoms in total. The van der Waals surface area contributed by atoms with Gasteiger partial charge in [-0.2, -0.15) is 5.26 Å². The first-order chi connectivity index (χ1) is 13.6. The van der Waals surface area contributed by atoms with E-state index in [0.29, 0.717) is 49.7 Å². The van der Waals surface area contributed by atoms with Crippen molar-refractivity contribution in [1.82, 2.24) is 4.90 Å². The molecule has 1 aromatic carbocycles. The molecule has 0 radical (unpaired) electrons. The summed E-state index contributed by atoms with van der Waals surface area (Å²) in [7, 11) is 1.51. The topological polar surface area (TPSA) is 97.9 Å². The molecule has 0 saturated carbocycles. The van der Waals surface area contributed by atoms with Crippen molar-refractivity contribution in [3.05, 3.63) is 27.8 Å². The van der Waals surface area contributed by atoms with Crippen LogP contribution in [0.2, 0.25) is 0 Å². The van der Waals surface area contributed by atoms with Gasteiger partial charge < -0.3 is 19.1 Å². The number of hydrogen-bond donors (Lipinski definition) is 0. The molecular formula is C20H27N3O5. The molecule has 2 aliphatic rings. The van der Waals surface area contributed by atoms with Gasteiger partial charge in [-0.15, -0.1) is 0 Å². The molecule has 0 bridgehead atoms. The van der Waals surface area contributed by atoms with Gasteiger partial charge in [0.15, 0.2) is 11.5 Å². The van der Waals surface area contributed by atoms with Gasteiger partial charge in [0.1, 0.15) is 0 Å². The number of benzene rings is 1. The molecule has 0 amide bonds. The normalized spacial score (nSPS) is 19.1. The molecule has 0 aromatic heterocycles. The molecule has 0 unspecified atom stereocenters. The van der Waals surface area contributed by atoms with E-state index < -0.39 is 10.3 Å². The van der Waals surface area contributed by atoms with Gasteiger partial charge in [-0.1, -0.05) is 0 Å². The fourth-order valence-corrected chi connectivity index (χ4v) is 3.99. The van der Waals surface area contributed by atoms with Crippen molar-refractivity contribution < 1.29 is 19.1 Å². The maximum atomic E-state index is 11.7. The minimum atomic E-state index is -0.942. The third kappa shape index (κ3) is 4.37. The average molecular weight is 389 g/mol. The summed E-state index contributed by atoms with van der Waals surface area (Å²) in [6.45, 7) is 4.48. The number of methoxy groups -OCH3 is 1. The predicted octanol–water partition coefficient (Wildman–Crippen LogP) is 3.04. The van der Waals surface area contributed by atoms with Crippen LogP contribution in [0, 0.1) is 21.4 Å². The lowest BCUT2D eigenvalue weighted by molar-refractivity contribution is -0.386. The van der Waals surface area contributed by atoms with Gasteiger partial charge in [-0.3, -0.25) is 10.1 Å². The van der Waals surface area contributed by atoms with E-state index in [0.717, 1.165) is 26.1 Å². The van der Waals surface area contributed by atoms with Crippen molar-refractivity contribution in [3.8, 4) is 17.6 Å². The van der Waals surface area contributed by atoms with Crippen LogP contribution in [0.5, 0.6) is 11.5 Å². The predicted molar refractivity (Wildman–Crippen MR) is 103 cm³/mol. The highest BCUT2D eigenvalue weighted by Crippen LogP contribution is 2.44. The lowest BCUT2D eigenvalue weighted by atomic mass is 9.74. The van der Waals surface area contributed by atoms with Crippen molar-refractivity contribution in [1.29, 1.82) is 5.26 Å². The van der Waals surface area contributed by atoms with E-state index in [1.807, 2.05) is 0 Å². The number of nitro benzene ring substituents is 1. The molecule has 0 aliphatic carbocycles. The summed E-state index contributed by atoms with van der Waals surface area (Å²) in [6.07, 6.45) is 4.17. The zero-order valence-corrected chi connectivity index (χ0v) is 16.3. The van der Waals surface area contributed by atoms with Gasteiger partial charge in [0, 0.05) is 19.8 Å². The molecule has 1 aromatic rings. The SMILES string of the molecule is COc1cc(C2(C#N)CCOCC2)c([N+](=O)[O-])cc1OCCCN1CCCC1. The maximum Gasteiger partial charge on any atom is 0.278 e. The Labute approximate surface area is 165 Å². The first kappa shape index (κ1) is 20.4. The van der Waals surface area contributed by atoms with Gasteiger partial charge in [0.2, 0.25) is 0 Å². The Morgan fingerprint density at radius 2 is 2.00 bits per heavy atom. The van der Waals surface area contributed by atoms with Crippen molar-refractivity contribution in [3.63, 3.8) is 0 Å². The first-order valence-corrected chi connectivity index (χ1v) is 9.81. The van der Waals surface area contributed by atoms with E-state index in [2.05, 4.69) is 11.0 Å². The van der Waals surface area contributed by atoms with Crippen LogP contribution in [0.1, 0.15) is 37.7 Å². The average Bonchev–Trinajstić information content (AvgIpc) is 3.24. The summed E-state index contributed by atoms with van der Waals surface area (Å²) < 4.78 is 16.6. The molecule has 0 N–H and O–H groups in total. The number of ether oxygens (including phenoxy) is 3. The van der Waals surface area contributed by atoms with Crippen LogP contribution in [-0.4, -0.2) is 56.4 Å². The van der Waals surface area contributed by atoms with Gasteiger partial charge >= 0.3 is 0 Å². The van der Waals surface area contributed by atoms with Crippen molar-refractivity contribution in [2.45, 2.75) is 37.5 Å². The van der Waals surface area contributed by atoms with Crippen LogP contribution in [0.3, 0.4) is 0 Å². The Morgan fingerprint density at radius 1 is 1.29 bits per heavy atom. The van der Waals surface area contributed by atoms with E-state index in [9.17, 15) is 15.4 Å². The Bertz CT molecular complexity index is 734. The maximum absolute atomic E-state index is 11.7. The fourth-order valence-electron chi connectivity index (χ4n) is 3.99. The molecule has 2 heterocycles. The van der Waals surface area contributed by atoms with Crippen LogP contribution < -0.4 is 9.47 Å². The summed E-state index contributed by atoms with van der Waals surface area (Å²) in [5, 5.41) is 21.5. The summed E-state index contributed by atoms with van der Waals surface area (Å²) in [4.78, 5) is 13.7. The third-order valence-corrected chi connectivity index (χ3v) is 5.63. The lowest BCUT2D eigenvalue weighted by Gasteiger charge is -2.31. The molecule has 2 saturated heterocycles. The number of nitriles is 1. The molecule has 8 heteroatoms. The van der Waals surface area contributed by atoms with E-state index in [1.54, 1.807) is 6.07 Å². The van der Waals surface area contributed by atoms with Gasteiger partial charge in [0.05, 0.1) is 41.8 Å². The number of nitrogens with zero attached hydrogens (tertiary/aromatic N) is 3. The quantitative estimate of drug-likeness (QED) is 0.383. The van der Waals surface area contributed by atoms with Crippen LogP contribution in [0.15, 0.2) is 12.1 Å². The molecule has 3 rings (SSSR count). The smallest absolute Gasteiger partial charge is 0.278 e. The highest BCUT2D eigenvalue weighted by Gasteiger charge is 2.41. The Morgan fingerprint density at radius 3 is 2.61 bits per heavy atom. The number of rotatable bonds is 8.